The van der Waals surface area contributed by atoms with Gasteiger partial charge in [-0.2, -0.15) is 9.46 Å². The van der Waals surface area contributed by atoms with E-state index in [1.807, 2.05) is 26.0 Å². The molecular formula is C31H31N5O2. The van der Waals surface area contributed by atoms with Crippen LogP contribution < -0.4 is 9.68 Å². The molecule has 0 bridgehead atoms. The van der Waals surface area contributed by atoms with E-state index >= 15 is 0 Å². The third-order valence-electron chi connectivity index (χ3n) is 6.60. The number of benzene rings is 2. The first-order valence-corrected chi connectivity index (χ1v) is 12.9. The molecule has 5 aromatic rings. The highest BCUT2D eigenvalue weighted by molar-refractivity contribution is 6.08. The second-order valence-electron chi connectivity index (χ2n) is 9.32. The standard InChI is InChI=1S/C31H31N5O2/c1-6-22(3)37-35-18-16-32-30(35)14-10-24-8-12-28-26(20-24)27-21-25(9-13-29(27)34(28)5)11-15-31-33-17-19-36(31)38-23(4)7-2/h8-9,12-13,16-23H,6-7H2,1-5H3/t22-,23-/m1/s1. The predicted molar refractivity (Wildman–Crippen MR) is 150 cm³/mol. The topological polar surface area (TPSA) is 59.0 Å². The van der Waals surface area contributed by atoms with E-state index < -0.39 is 0 Å². The van der Waals surface area contributed by atoms with Crippen molar-refractivity contribution in [1.29, 1.82) is 0 Å². The van der Waals surface area contributed by atoms with Crippen molar-refractivity contribution in [2.45, 2.75) is 52.7 Å². The van der Waals surface area contributed by atoms with Gasteiger partial charge in [-0.05, 0) is 74.9 Å². The first kappa shape index (κ1) is 25.0. The molecule has 0 spiro atoms. The van der Waals surface area contributed by atoms with Gasteiger partial charge in [0.1, 0.15) is 12.2 Å². The van der Waals surface area contributed by atoms with Gasteiger partial charge in [0.2, 0.25) is 11.6 Å². The number of fused-ring (bicyclic) bond motifs is 3. The number of hydrogen-bond donors (Lipinski definition) is 0. The normalized spacial score (nSPS) is 12.4. The molecule has 2 atom stereocenters. The van der Waals surface area contributed by atoms with Crippen LogP contribution in [0.4, 0.5) is 0 Å². The number of hydrogen-bond acceptors (Lipinski definition) is 4. The average molecular weight is 506 g/mol. The molecular weight excluding hydrogens is 474 g/mol. The minimum absolute atomic E-state index is 0.0848. The summed E-state index contributed by atoms with van der Waals surface area (Å²) in [6.07, 6.45) is 8.96. The molecule has 0 amide bonds. The van der Waals surface area contributed by atoms with Crippen molar-refractivity contribution in [3.05, 3.63) is 84.0 Å². The Balaban J connectivity index is 1.48. The van der Waals surface area contributed by atoms with Crippen molar-refractivity contribution in [3.63, 3.8) is 0 Å². The maximum atomic E-state index is 5.87. The van der Waals surface area contributed by atoms with Crippen LogP contribution in [0.3, 0.4) is 0 Å². The molecule has 0 aliphatic carbocycles. The number of rotatable bonds is 6. The van der Waals surface area contributed by atoms with Gasteiger partial charge in [-0.1, -0.05) is 25.7 Å². The van der Waals surface area contributed by atoms with Gasteiger partial charge in [0, 0.05) is 52.4 Å². The largest absolute Gasteiger partial charge is 0.409 e. The molecule has 0 saturated heterocycles. The van der Waals surface area contributed by atoms with Crippen LogP contribution in [-0.4, -0.2) is 36.2 Å². The highest BCUT2D eigenvalue weighted by atomic mass is 16.7. The third-order valence-corrected chi connectivity index (χ3v) is 6.60. The van der Waals surface area contributed by atoms with E-state index in [0.29, 0.717) is 11.6 Å². The number of imidazole rings is 2. The second kappa shape index (κ2) is 10.8. The van der Waals surface area contributed by atoms with E-state index in [1.165, 1.54) is 0 Å². The van der Waals surface area contributed by atoms with E-state index in [-0.39, 0.29) is 12.2 Å². The van der Waals surface area contributed by atoms with Crippen LogP contribution in [0.5, 0.6) is 0 Å². The van der Waals surface area contributed by atoms with E-state index in [4.69, 9.17) is 9.68 Å². The van der Waals surface area contributed by atoms with Gasteiger partial charge in [0.15, 0.2) is 0 Å². The van der Waals surface area contributed by atoms with Crippen molar-refractivity contribution < 1.29 is 9.68 Å². The molecule has 0 aliphatic rings. The van der Waals surface area contributed by atoms with Crippen LogP contribution in [0.25, 0.3) is 21.8 Å². The van der Waals surface area contributed by atoms with Gasteiger partial charge in [-0.15, -0.1) is 0 Å². The molecule has 2 aromatic carbocycles. The summed E-state index contributed by atoms with van der Waals surface area (Å²) in [7, 11) is 2.08. The summed E-state index contributed by atoms with van der Waals surface area (Å²) >= 11 is 0. The average Bonchev–Trinajstić information content (AvgIpc) is 3.64. The summed E-state index contributed by atoms with van der Waals surface area (Å²) in [6, 6.07) is 12.5. The van der Waals surface area contributed by atoms with Crippen LogP contribution in [0.1, 0.15) is 63.3 Å². The summed E-state index contributed by atoms with van der Waals surface area (Å²) in [5.74, 6) is 14.0. The lowest BCUT2D eigenvalue weighted by atomic mass is 10.1. The summed E-state index contributed by atoms with van der Waals surface area (Å²) in [5, 5.41) is 2.25. The lowest BCUT2D eigenvalue weighted by molar-refractivity contribution is 0.0444. The Bertz CT molecular complexity index is 1590. The molecule has 0 fully saturated rings. The smallest absolute Gasteiger partial charge is 0.219 e. The monoisotopic (exact) mass is 505 g/mol. The molecule has 0 radical (unpaired) electrons. The molecule has 192 valence electrons. The molecule has 0 aliphatic heterocycles. The van der Waals surface area contributed by atoms with E-state index in [0.717, 1.165) is 45.8 Å². The van der Waals surface area contributed by atoms with Gasteiger partial charge < -0.3 is 14.2 Å². The van der Waals surface area contributed by atoms with E-state index in [9.17, 15) is 0 Å². The van der Waals surface area contributed by atoms with Crippen LogP contribution in [0.15, 0.2) is 61.2 Å². The Morgan fingerprint density at radius 1 is 0.711 bits per heavy atom. The van der Waals surface area contributed by atoms with Crippen LogP contribution in [-0.2, 0) is 7.05 Å². The van der Waals surface area contributed by atoms with Gasteiger partial charge in [0.05, 0.1) is 12.4 Å². The fraction of sp³-hybridized carbons (Fsp3) is 0.290. The minimum Gasteiger partial charge on any atom is -0.409 e. The Kier molecular flexibility index (Phi) is 7.11. The van der Waals surface area contributed by atoms with Gasteiger partial charge in [-0.3, -0.25) is 0 Å². The highest BCUT2D eigenvalue weighted by Gasteiger charge is 2.10. The zero-order chi connectivity index (χ0) is 26.6. The molecule has 0 saturated carbocycles. The Morgan fingerprint density at radius 3 is 1.58 bits per heavy atom. The Labute approximate surface area is 222 Å². The third kappa shape index (κ3) is 5.10. The maximum absolute atomic E-state index is 5.87. The van der Waals surface area contributed by atoms with Gasteiger partial charge in [0.25, 0.3) is 0 Å². The summed E-state index contributed by atoms with van der Waals surface area (Å²) in [6.45, 7) is 8.22. The molecule has 7 nitrogen and oxygen atoms in total. The van der Waals surface area contributed by atoms with Crippen molar-refractivity contribution in [1.82, 2.24) is 24.0 Å². The van der Waals surface area contributed by atoms with Crippen LogP contribution in [0.2, 0.25) is 0 Å². The van der Waals surface area contributed by atoms with Crippen molar-refractivity contribution >= 4 is 21.8 Å². The highest BCUT2D eigenvalue weighted by Crippen LogP contribution is 2.29. The minimum atomic E-state index is 0.0848. The molecule has 3 heterocycles. The van der Waals surface area contributed by atoms with Crippen molar-refractivity contribution in [2.75, 3.05) is 0 Å². The van der Waals surface area contributed by atoms with Gasteiger partial charge >= 0.3 is 0 Å². The fourth-order valence-corrected chi connectivity index (χ4v) is 4.10. The van der Waals surface area contributed by atoms with Crippen molar-refractivity contribution in [3.8, 4) is 23.7 Å². The summed E-state index contributed by atoms with van der Waals surface area (Å²) in [4.78, 5) is 20.4. The SMILES string of the molecule is CC[C@@H](C)On1ccnc1C#Cc1ccc2c(c1)c1cc(C#Cc3nccn3O[C@H](C)CC)ccc1n2C. The first-order valence-electron chi connectivity index (χ1n) is 12.9. The Hall–Kier alpha value is -4.62. The maximum Gasteiger partial charge on any atom is 0.219 e. The van der Waals surface area contributed by atoms with Crippen LogP contribution in [0, 0.1) is 23.7 Å². The van der Waals surface area contributed by atoms with Gasteiger partial charge in [-0.25, -0.2) is 9.97 Å². The molecule has 0 unspecified atom stereocenters. The molecule has 5 rings (SSSR count). The zero-order valence-electron chi connectivity index (χ0n) is 22.4. The second-order valence-corrected chi connectivity index (χ2v) is 9.32. The number of aryl methyl sites for hydroxylation is 1. The zero-order valence-corrected chi connectivity index (χ0v) is 22.4. The number of aromatic nitrogens is 5. The van der Waals surface area contributed by atoms with E-state index in [2.05, 4.69) is 83.4 Å². The quantitative estimate of drug-likeness (QED) is 0.306. The Morgan fingerprint density at radius 2 is 1.16 bits per heavy atom. The molecule has 0 N–H and O–H groups in total. The van der Waals surface area contributed by atoms with E-state index in [1.54, 1.807) is 34.2 Å². The van der Waals surface area contributed by atoms with Crippen LogP contribution >= 0.6 is 0 Å². The molecule has 7 heteroatoms. The molecule has 3 aromatic heterocycles. The lowest BCUT2D eigenvalue weighted by Gasteiger charge is -2.12. The first-order chi connectivity index (χ1) is 18.5. The van der Waals surface area contributed by atoms with Crippen molar-refractivity contribution in [2.24, 2.45) is 7.05 Å². The summed E-state index contributed by atoms with van der Waals surface area (Å²) < 4.78 is 5.47. The number of nitrogens with zero attached hydrogens (tertiary/aromatic N) is 5. The lowest BCUT2D eigenvalue weighted by Crippen LogP contribution is -2.21. The summed E-state index contributed by atoms with van der Waals surface area (Å²) in [5.41, 5.74) is 4.08. The predicted octanol–water partition coefficient (Wildman–Crippen LogP) is 4.98. The fourth-order valence-electron chi connectivity index (χ4n) is 4.10. The molecule has 38 heavy (non-hydrogen) atoms.